The van der Waals surface area contributed by atoms with Crippen LogP contribution in [-0.4, -0.2) is 29.1 Å². The lowest BCUT2D eigenvalue weighted by atomic mass is 10.0. The van der Waals surface area contributed by atoms with Gasteiger partial charge in [0.25, 0.3) is 5.69 Å². The van der Waals surface area contributed by atoms with Crippen molar-refractivity contribution in [3.63, 3.8) is 0 Å². The second kappa shape index (κ2) is 9.65. The zero-order chi connectivity index (χ0) is 22.5. The number of rotatable bonds is 5. The van der Waals surface area contributed by atoms with Gasteiger partial charge in [0.05, 0.1) is 40.3 Å². The molecule has 2 aromatic carbocycles. The van der Waals surface area contributed by atoms with Crippen LogP contribution >= 0.6 is 23.2 Å². The van der Waals surface area contributed by atoms with Gasteiger partial charge in [0.2, 0.25) is 0 Å². The lowest BCUT2D eigenvalue weighted by Gasteiger charge is -2.10. The molecule has 0 amide bonds. The van der Waals surface area contributed by atoms with Crippen molar-refractivity contribution in [3.8, 4) is 23.3 Å². The Hall–Kier alpha value is -3.34. The third kappa shape index (κ3) is 4.88. The number of ether oxygens (including phenoxy) is 2. The summed E-state index contributed by atoms with van der Waals surface area (Å²) in [6, 6.07) is 6.52. The molecule has 31 heavy (non-hydrogen) atoms. The number of aromatic nitrogens is 2. The molecule has 0 saturated heterocycles. The molecule has 0 N–H and O–H groups in total. The van der Waals surface area contributed by atoms with E-state index in [4.69, 9.17) is 32.7 Å². The first-order valence-electron chi connectivity index (χ1n) is 9.01. The van der Waals surface area contributed by atoms with Gasteiger partial charge in [0.15, 0.2) is 0 Å². The molecular formula is C22H17Cl2N3O4. The Morgan fingerprint density at radius 2 is 1.68 bits per heavy atom. The summed E-state index contributed by atoms with van der Waals surface area (Å²) in [5.41, 5.74) is 2.31. The van der Waals surface area contributed by atoms with Crippen molar-refractivity contribution in [2.24, 2.45) is 0 Å². The first-order valence-corrected chi connectivity index (χ1v) is 9.77. The summed E-state index contributed by atoms with van der Waals surface area (Å²) in [6.45, 7) is 1.82. The molecule has 0 radical (unpaired) electrons. The molecule has 0 fully saturated rings. The fraction of sp³-hybridized carbons (Fsp3) is 0.182. The molecule has 0 aliphatic rings. The monoisotopic (exact) mass is 457 g/mol. The minimum Gasteiger partial charge on any atom is -0.495 e. The minimum absolute atomic E-state index is 0.0451. The molecule has 1 heterocycles. The van der Waals surface area contributed by atoms with E-state index in [0.29, 0.717) is 34.0 Å². The Bertz CT molecular complexity index is 1170. The largest absolute Gasteiger partial charge is 0.495 e. The number of aryl methyl sites for hydroxylation is 1. The molecule has 0 aliphatic carbocycles. The van der Waals surface area contributed by atoms with Crippen LogP contribution in [0.1, 0.15) is 28.1 Å². The Morgan fingerprint density at radius 3 is 2.23 bits per heavy atom. The highest BCUT2D eigenvalue weighted by Gasteiger charge is 2.17. The van der Waals surface area contributed by atoms with Crippen molar-refractivity contribution in [1.29, 1.82) is 0 Å². The van der Waals surface area contributed by atoms with Crippen molar-refractivity contribution in [1.82, 2.24) is 9.97 Å². The smallest absolute Gasteiger partial charge is 0.273 e. The Balaban J connectivity index is 1.89. The van der Waals surface area contributed by atoms with E-state index in [1.807, 2.05) is 13.0 Å². The van der Waals surface area contributed by atoms with Crippen molar-refractivity contribution in [3.05, 3.63) is 84.9 Å². The van der Waals surface area contributed by atoms with Gasteiger partial charge in [-0.3, -0.25) is 10.1 Å². The number of nitro benzene ring substituents is 1. The zero-order valence-corrected chi connectivity index (χ0v) is 18.4. The van der Waals surface area contributed by atoms with Gasteiger partial charge in [-0.1, -0.05) is 47.2 Å². The highest BCUT2D eigenvalue weighted by Crippen LogP contribution is 2.39. The second-order valence-electron chi connectivity index (χ2n) is 6.43. The summed E-state index contributed by atoms with van der Waals surface area (Å²) in [5.74, 6) is 7.04. The third-order valence-corrected chi connectivity index (χ3v) is 5.28. The average molecular weight is 458 g/mol. The summed E-state index contributed by atoms with van der Waals surface area (Å²) in [6.07, 6.45) is 3.32. The molecule has 0 aliphatic heterocycles. The van der Waals surface area contributed by atoms with E-state index in [0.717, 1.165) is 5.56 Å². The van der Waals surface area contributed by atoms with E-state index < -0.39 is 4.92 Å². The maximum absolute atomic E-state index is 11.3. The number of benzene rings is 2. The van der Waals surface area contributed by atoms with E-state index in [1.165, 1.54) is 20.3 Å². The van der Waals surface area contributed by atoms with E-state index >= 15 is 0 Å². The van der Waals surface area contributed by atoms with Crippen LogP contribution in [0.4, 0.5) is 5.69 Å². The summed E-state index contributed by atoms with van der Waals surface area (Å²) in [7, 11) is 2.97. The molecule has 0 unspecified atom stereocenters. The molecule has 0 bridgehead atoms. The molecule has 9 heteroatoms. The lowest BCUT2D eigenvalue weighted by Crippen LogP contribution is -2.02. The number of hydrogen-bond acceptors (Lipinski definition) is 6. The highest BCUT2D eigenvalue weighted by molar-refractivity contribution is 6.38. The van der Waals surface area contributed by atoms with Crippen LogP contribution in [0.15, 0.2) is 36.7 Å². The van der Waals surface area contributed by atoms with Crippen LogP contribution < -0.4 is 9.47 Å². The molecule has 1 aromatic heterocycles. The standard InChI is InChI=1S/C22H17Cl2N3O4/c1-13-5-4-6-17(27(28)29)16(13)9-20-25-11-14(12-26-20)7-8-15-21(23)18(30-2)10-19(31-3)22(15)24/h4-6,10-12H,9H2,1-3H3. The number of halogens is 2. The fourth-order valence-electron chi connectivity index (χ4n) is 2.89. The van der Waals surface area contributed by atoms with E-state index in [-0.39, 0.29) is 22.2 Å². The SMILES string of the molecule is COc1cc(OC)c(Cl)c(C#Cc2cnc(Cc3c(C)cccc3[N+](=O)[O-])nc2)c1Cl. The van der Waals surface area contributed by atoms with E-state index in [1.54, 1.807) is 24.5 Å². The number of hydrogen-bond donors (Lipinski definition) is 0. The van der Waals surface area contributed by atoms with Gasteiger partial charge in [0, 0.05) is 36.5 Å². The first-order chi connectivity index (χ1) is 14.8. The van der Waals surface area contributed by atoms with Crippen LogP contribution in [0.5, 0.6) is 11.5 Å². The minimum atomic E-state index is -0.405. The Morgan fingerprint density at radius 1 is 1.06 bits per heavy atom. The molecule has 3 rings (SSSR count). The Labute approximate surface area is 189 Å². The third-order valence-electron chi connectivity index (χ3n) is 4.53. The summed E-state index contributed by atoms with van der Waals surface area (Å²) in [4.78, 5) is 19.5. The van der Waals surface area contributed by atoms with Gasteiger partial charge < -0.3 is 9.47 Å². The number of nitro groups is 1. The van der Waals surface area contributed by atoms with Gasteiger partial charge in [-0.2, -0.15) is 0 Å². The van der Waals surface area contributed by atoms with Crippen molar-refractivity contribution in [2.75, 3.05) is 14.2 Å². The van der Waals surface area contributed by atoms with Gasteiger partial charge in [-0.25, -0.2) is 9.97 Å². The quantitative estimate of drug-likeness (QED) is 0.304. The van der Waals surface area contributed by atoms with Gasteiger partial charge >= 0.3 is 0 Å². The van der Waals surface area contributed by atoms with E-state index in [2.05, 4.69) is 21.8 Å². The summed E-state index contributed by atoms with van der Waals surface area (Å²) >= 11 is 12.7. The lowest BCUT2D eigenvalue weighted by molar-refractivity contribution is -0.385. The average Bonchev–Trinajstić information content (AvgIpc) is 2.76. The Kier molecular flexibility index (Phi) is 6.95. The van der Waals surface area contributed by atoms with Crippen LogP contribution in [0, 0.1) is 28.9 Å². The maximum atomic E-state index is 11.3. The van der Waals surface area contributed by atoms with Crippen LogP contribution in [0.2, 0.25) is 10.0 Å². The summed E-state index contributed by atoms with van der Waals surface area (Å²) < 4.78 is 10.5. The molecular weight excluding hydrogens is 441 g/mol. The molecule has 0 atom stereocenters. The predicted octanol–water partition coefficient (Wildman–Crippen LogP) is 5.01. The summed E-state index contributed by atoms with van der Waals surface area (Å²) in [5, 5.41) is 11.8. The van der Waals surface area contributed by atoms with Gasteiger partial charge in [-0.15, -0.1) is 0 Å². The molecule has 0 saturated carbocycles. The zero-order valence-electron chi connectivity index (χ0n) is 16.9. The van der Waals surface area contributed by atoms with Crippen LogP contribution in [0.3, 0.4) is 0 Å². The molecule has 3 aromatic rings. The topological polar surface area (TPSA) is 87.4 Å². The van der Waals surface area contributed by atoms with Crippen molar-refractivity contribution in [2.45, 2.75) is 13.3 Å². The molecule has 7 nitrogen and oxygen atoms in total. The number of nitrogens with zero attached hydrogens (tertiary/aromatic N) is 3. The van der Waals surface area contributed by atoms with Crippen molar-refractivity contribution < 1.29 is 14.4 Å². The predicted molar refractivity (Wildman–Crippen MR) is 118 cm³/mol. The highest BCUT2D eigenvalue weighted by atomic mass is 35.5. The number of methoxy groups -OCH3 is 2. The second-order valence-corrected chi connectivity index (χ2v) is 7.18. The van der Waals surface area contributed by atoms with Gasteiger partial charge in [0.1, 0.15) is 17.3 Å². The maximum Gasteiger partial charge on any atom is 0.273 e. The fourth-order valence-corrected chi connectivity index (χ4v) is 3.48. The van der Waals surface area contributed by atoms with Gasteiger partial charge in [-0.05, 0) is 12.5 Å². The van der Waals surface area contributed by atoms with Crippen LogP contribution in [-0.2, 0) is 6.42 Å². The van der Waals surface area contributed by atoms with Crippen molar-refractivity contribution >= 4 is 28.9 Å². The molecule has 158 valence electrons. The van der Waals surface area contributed by atoms with Crippen LogP contribution in [0.25, 0.3) is 0 Å². The normalized spacial score (nSPS) is 10.2. The molecule has 0 spiro atoms. The van der Waals surface area contributed by atoms with E-state index in [9.17, 15) is 10.1 Å². The first kappa shape index (κ1) is 22.3.